The highest BCUT2D eigenvalue weighted by molar-refractivity contribution is 6.42. The molecule has 0 atom stereocenters. The molecule has 2 aromatic carbocycles. The molecule has 1 heterocycles. The Labute approximate surface area is 213 Å². The van der Waals surface area contributed by atoms with Gasteiger partial charge in [0.15, 0.2) is 11.5 Å². The Bertz CT molecular complexity index is 1270. The van der Waals surface area contributed by atoms with Crippen LogP contribution in [-0.4, -0.2) is 43.4 Å². The summed E-state index contributed by atoms with van der Waals surface area (Å²) in [4.78, 5) is 24.2. The maximum absolute atomic E-state index is 12.1. The highest BCUT2D eigenvalue weighted by Gasteiger charge is 2.14. The van der Waals surface area contributed by atoms with Gasteiger partial charge in [-0.1, -0.05) is 29.3 Å². The van der Waals surface area contributed by atoms with Gasteiger partial charge in [-0.05, 0) is 62.2 Å². The molecule has 1 aromatic heterocycles. The number of amides is 2. The van der Waals surface area contributed by atoms with Gasteiger partial charge in [0, 0.05) is 29.2 Å². The van der Waals surface area contributed by atoms with Crippen molar-refractivity contribution < 1.29 is 19.1 Å². The minimum atomic E-state index is -0.855. The quantitative estimate of drug-likeness (QED) is 0.266. The Kier molecular flexibility index (Phi) is 8.78. The SMILES string of the molecule is COc1ccc(CCNC(=O)C(=O)N/N=C\c2cc(C)n(-c3ccc(Cl)c(Cl)c3)c2C)cc1OC. The van der Waals surface area contributed by atoms with Crippen LogP contribution in [0.3, 0.4) is 0 Å². The van der Waals surface area contributed by atoms with E-state index in [1.54, 1.807) is 32.4 Å². The van der Waals surface area contributed by atoms with E-state index in [2.05, 4.69) is 15.8 Å². The first kappa shape index (κ1) is 26.1. The number of rotatable bonds is 8. The van der Waals surface area contributed by atoms with Gasteiger partial charge >= 0.3 is 11.8 Å². The smallest absolute Gasteiger partial charge is 0.329 e. The molecule has 0 aliphatic rings. The van der Waals surface area contributed by atoms with Gasteiger partial charge in [0.1, 0.15) is 0 Å². The third-order valence-electron chi connectivity index (χ3n) is 5.35. The number of methoxy groups -OCH3 is 2. The summed E-state index contributed by atoms with van der Waals surface area (Å²) in [5.74, 6) is -0.409. The lowest BCUT2D eigenvalue weighted by Gasteiger charge is -2.10. The van der Waals surface area contributed by atoms with E-state index in [9.17, 15) is 9.59 Å². The molecule has 0 bridgehead atoms. The summed E-state index contributed by atoms with van der Waals surface area (Å²) in [6, 6.07) is 12.8. The average Bonchev–Trinajstić information content (AvgIpc) is 3.13. The molecule has 0 aliphatic heterocycles. The fourth-order valence-corrected chi connectivity index (χ4v) is 3.88. The molecule has 2 N–H and O–H groups in total. The number of carbonyl (C=O) groups is 2. The second-order valence-corrected chi connectivity index (χ2v) is 8.47. The van der Waals surface area contributed by atoms with Gasteiger partial charge in [-0.25, -0.2) is 5.43 Å². The van der Waals surface area contributed by atoms with E-state index in [4.69, 9.17) is 32.7 Å². The Balaban J connectivity index is 1.55. The second-order valence-electron chi connectivity index (χ2n) is 7.65. The van der Waals surface area contributed by atoms with Gasteiger partial charge in [-0.2, -0.15) is 5.10 Å². The highest BCUT2D eigenvalue weighted by atomic mass is 35.5. The minimum absolute atomic E-state index is 0.274. The Hall–Kier alpha value is -3.49. The molecule has 184 valence electrons. The first-order valence-corrected chi connectivity index (χ1v) is 11.5. The van der Waals surface area contributed by atoms with Crippen molar-refractivity contribution in [1.82, 2.24) is 15.3 Å². The summed E-state index contributed by atoms with van der Waals surface area (Å²) in [5, 5.41) is 7.44. The standard InChI is InChI=1S/C25H26Cl2N4O4/c1-15-11-18(16(2)31(15)19-6-7-20(26)21(27)13-19)14-29-30-25(33)24(32)28-10-9-17-5-8-22(34-3)23(12-17)35-4/h5-8,11-14H,9-10H2,1-4H3,(H,28,32)(H,30,33)/b29-14-. The zero-order valence-electron chi connectivity index (χ0n) is 19.8. The molecule has 2 amide bonds. The third kappa shape index (κ3) is 6.35. The molecule has 0 fully saturated rings. The Morgan fingerprint density at radius 2 is 1.71 bits per heavy atom. The number of ether oxygens (including phenoxy) is 2. The fourth-order valence-electron chi connectivity index (χ4n) is 3.59. The van der Waals surface area contributed by atoms with Crippen molar-refractivity contribution in [3.8, 4) is 17.2 Å². The van der Waals surface area contributed by atoms with Crippen LogP contribution in [0.5, 0.6) is 11.5 Å². The Morgan fingerprint density at radius 1 is 0.971 bits per heavy atom. The predicted molar refractivity (Wildman–Crippen MR) is 137 cm³/mol. The molecule has 0 saturated carbocycles. The third-order valence-corrected chi connectivity index (χ3v) is 6.09. The van der Waals surface area contributed by atoms with Crippen LogP contribution in [0.2, 0.25) is 10.0 Å². The number of hydrogen-bond donors (Lipinski definition) is 2. The van der Waals surface area contributed by atoms with Crippen LogP contribution in [0.25, 0.3) is 5.69 Å². The molecule has 0 radical (unpaired) electrons. The molecule has 0 unspecified atom stereocenters. The van der Waals surface area contributed by atoms with E-state index in [0.29, 0.717) is 28.0 Å². The van der Waals surface area contributed by atoms with Crippen molar-refractivity contribution >= 4 is 41.2 Å². The first-order valence-electron chi connectivity index (χ1n) is 10.7. The van der Waals surface area contributed by atoms with Gasteiger partial charge < -0.3 is 19.4 Å². The van der Waals surface area contributed by atoms with Gasteiger partial charge in [-0.3, -0.25) is 9.59 Å². The zero-order chi connectivity index (χ0) is 25.5. The van der Waals surface area contributed by atoms with E-state index < -0.39 is 11.8 Å². The van der Waals surface area contributed by atoms with Crippen LogP contribution in [0, 0.1) is 13.8 Å². The van der Waals surface area contributed by atoms with Crippen LogP contribution in [-0.2, 0) is 16.0 Å². The maximum Gasteiger partial charge on any atom is 0.329 e. The summed E-state index contributed by atoms with van der Waals surface area (Å²) in [7, 11) is 3.12. The fraction of sp³-hybridized carbons (Fsp3) is 0.240. The number of aromatic nitrogens is 1. The minimum Gasteiger partial charge on any atom is -0.493 e. The number of nitrogens with zero attached hydrogens (tertiary/aromatic N) is 2. The molecule has 0 saturated heterocycles. The summed E-state index contributed by atoms with van der Waals surface area (Å²) >= 11 is 12.2. The number of carbonyl (C=O) groups excluding carboxylic acids is 2. The number of aryl methyl sites for hydroxylation is 1. The van der Waals surface area contributed by atoms with E-state index in [0.717, 1.165) is 28.2 Å². The molecular formula is C25H26Cl2N4O4. The molecule has 10 heteroatoms. The second kappa shape index (κ2) is 11.8. The molecule has 35 heavy (non-hydrogen) atoms. The van der Waals surface area contributed by atoms with Crippen molar-refractivity contribution in [2.45, 2.75) is 20.3 Å². The van der Waals surface area contributed by atoms with Crippen molar-refractivity contribution in [3.05, 3.63) is 75.0 Å². The van der Waals surface area contributed by atoms with E-state index in [1.807, 2.05) is 42.7 Å². The van der Waals surface area contributed by atoms with Crippen LogP contribution in [0.15, 0.2) is 47.6 Å². The zero-order valence-corrected chi connectivity index (χ0v) is 21.3. The molecule has 0 aliphatic carbocycles. The largest absolute Gasteiger partial charge is 0.493 e. The summed E-state index contributed by atoms with van der Waals surface area (Å²) in [6.45, 7) is 4.13. The number of nitrogens with one attached hydrogen (secondary N) is 2. The summed E-state index contributed by atoms with van der Waals surface area (Å²) < 4.78 is 12.5. The lowest BCUT2D eigenvalue weighted by atomic mass is 10.1. The van der Waals surface area contributed by atoms with Gasteiger partial charge in [0.05, 0.1) is 30.5 Å². The van der Waals surface area contributed by atoms with Crippen LogP contribution in [0.1, 0.15) is 22.5 Å². The average molecular weight is 517 g/mol. The van der Waals surface area contributed by atoms with Gasteiger partial charge in [-0.15, -0.1) is 0 Å². The van der Waals surface area contributed by atoms with E-state index in [1.165, 1.54) is 6.21 Å². The van der Waals surface area contributed by atoms with Gasteiger partial charge in [0.2, 0.25) is 0 Å². The van der Waals surface area contributed by atoms with Crippen molar-refractivity contribution in [2.24, 2.45) is 5.10 Å². The predicted octanol–water partition coefficient (Wildman–Crippen LogP) is 4.23. The van der Waals surface area contributed by atoms with Crippen molar-refractivity contribution in [3.63, 3.8) is 0 Å². The number of halogens is 2. The number of hydrazone groups is 1. The lowest BCUT2D eigenvalue weighted by molar-refractivity contribution is -0.139. The number of hydrogen-bond acceptors (Lipinski definition) is 5. The Morgan fingerprint density at radius 3 is 2.40 bits per heavy atom. The summed E-state index contributed by atoms with van der Waals surface area (Å²) in [5.41, 5.74) is 6.66. The molecule has 8 nitrogen and oxygen atoms in total. The van der Waals surface area contributed by atoms with Crippen LogP contribution >= 0.6 is 23.2 Å². The molecule has 3 aromatic rings. The number of benzene rings is 2. The topological polar surface area (TPSA) is 94.0 Å². The first-order chi connectivity index (χ1) is 16.7. The van der Waals surface area contributed by atoms with Gasteiger partial charge in [0.25, 0.3) is 0 Å². The van der Waals surface area contributed by atoms with E-state index in [-0.39, 0.29) is 6.54 Å². The van der Waals surface area contributed by atoms with Crippen LogP contribution < -0.4 is 20.2 Å². The highest BCUT2D eigenvalue weighted by Crippen LogP contribution is 2.28. The maximum atomic E-state index is 12.1. The molecule has 3 rings (SSSR count). The summed E-state index contributed by atoms with van der Waals surface area (Å²) in [6.07, 6.45) is 2.01. The molecular weight excluding hydrogens is 491 g/mol. The normalized spacial score (nSPS) is 10.9. The molecule has 0 spiro atoms. The van der Waals surface area contributed by atoms with Crippen molar-refractivity contribution in [1.29, 1.82) is 0 Å². The van der Waals surface area contributed by atoms with E-state index >= 15 is 0 Å². The van der Waals surface area contributed by atoms with Crippen molar-refractivity contribution in [2.75, 3.05) is 20.8 Å². The van der Waals surface area contributed by atoms with Crippen LogP contribution in [0.4, 0.5) is 0 Å². The lowest BCUT2D eigenvalue weighted by Crippen LogP contribution is -2.38. The monoisotopic (exact) mass is 516 g/mol.